The molecule has 4 N–H and O–H groups in total. The van der Waals surface area contributed by atoms with E-state index in [0.717, 1.165) is 23.9 Å². The Morgan fingerprint density at radius 2 is 2.00 bits per heavy atom. The lowest BCUT2D eigenvalue weighted by molar-refractivity contribution is 0.252. The van der Waals surface area contributed by atoms with Crippen molar-refractivity contribution in [1.29, 1.82) is 0 Å². The molecule has 0 aromatic carbocycles. The van der Waals surface area contributed by atoms with Gasteiger partial charge in [-0.3, -0.25) is 5.32 Å². The molecule has 0 unspecified atom stereocenters. The molecule has 0 atom stereocenters. The summed E-state index contributed by atoms with van der Waals surface area (Å²) < 4.78 is 0. The second kappa shape index (κ2) is 6.81. The third-order valence-corrected chi connectivity index (χ3v) is 2.85. The molecule has 0 radical (unpaired) electrons. The van der Waals surface area contributed by atoms with Gasteiger partial charge in [-0.05, 0) is 50.6 Å². The molecule has 0 spiro atoms. The van der Waals surface area contributed by atoms with Crippen molar-refractivity contribution in [1.82, 2.24) is 15.3 Å². The van der Waals surface area contributed by atoms with Crippen molar-refractivity contribution in [2.45, 2.75) is 19.8 Å². The fourth-order valence-corrected chi connectivity index (χ4v) is 1.79. The van der Waals surface area contributed by atoms with Crippen LogP contribution in [-0.2, 0) is 0 Å². The van der Waals surface area contributed by atoms with E-state index in [9.17, 15) is 4.79 Å². The molecule has 0 saturated carbocycles. The van der Waals surface area contributed by atoms with Crippen LogP contribution in [0, 0.1) is 6.92 Å². The second-order valence-electron chi connectivity index (χ2n) is 4.57. The molecular formula is C14H19N5O. The van der Waals surface area contributed by atoms with Gasteiger partial charge >= 0.3 is 6.03 Å². The normalized spacial score (nSPS) is 10.5. The Hall–Kier alpha value is -2.21. The van der Waals surface area contributed by atoms with Gasteiger partial charge < -0.3 is 11.1 Å². The first-order valence-electron chi connectivity index (χ1n) is 6.68. The number of carbonyl (C=O) groups is 1. The molecule has 0 bridgehead atoms. The van der Waals surface area contributed by atoms with E-state index < -0.39 is 0 Å². The van der Waals surface area contributed by atoms with Gasteiger partial charge in [0.05, 0.1) is 0 Å². The average molecular weight is 273 g/mol. The Morgan fingerprint density at radius 3 is 2.80 bits per heavy atom. The number of urea groups is 1. The number of aryl methyl sites for hydroxylation is 1. The maximum absolute atomic E-state index is 11.7. The van der Waals surface area contributed by atoms with E-state index >= 15 is 0 Å². The third kappa shape index (κ3) is 3.89. The lowest BCUT2D eigenvalue weighted by atomic mass is 10.2. The number of unbranched alkanes of at least 4 members (excludes halogenated alkanes) is 1. The van der Waals surface area contributed by atoms with Gasteiger partial charge in [0.25, 0.3) is 0 Å². The zero-order valence-corrected chi connectivity index (χ0v) is 11.5. The SMILES string of the molecule is Cc1ccc2ccc(NC(=O)NCCCCN)nc2n1. The molecule has 6 heteroatoms. The maximum Gasteiger partial charge on any atom is 0.320 e. The van der Waals surface area contributed by atoms with Crippen molar-refractivity contribution in [2.24, 2.45) is 5.73 Å². The molecule has 106 valence electrons. The molecule has 2 aromatic rings. The number of nitrogens with one attached hydrogen (secondary N) is 2. The first-order valence-corrected chi connectivity index (χ1v) is 6.68. The summed E-state index contributed by atoms with van der Waals surface area (Å²) in [5, 5.41) is 6.41. The zero-order chi connectivity index (χ0) is 14.4. The molecule has 2 aromatic heterocycles. The van der Waals surface area contributed by atoms with Crippen LogP contribution in [-0.4, -0.2) is 29.1 Å². The Bertz CT molecular complexity index is 599. The first kappa shape index (κ1) is 14.2. The van der Waals surface area contributed by atoms with Crippen molar-refractivity contribution in [3.05, 3.63) is 30.0 Å². The highest BCUT2D eigenvalue weighted by atomic mass is 16.2. The fraction of sp³-hybridized carbons (Fsp3) is 0.357. The van der Waals surface area contributed by atoms with E-state index in [0.29, 0.717) is 24.6 Å². The molecule has 2 amide bonds. The number of carbonyl (C=O) groups excluding carboxylic acids is 1. The average Bonchev–Trinajstić information content (AvgIpc) is 2.43. The first-order chi connectivity index (χ1) is 9.69. The zero-order valence-electron chi connectivity index (χ0n) is 11.5. The maximum atomic E-state index is 11.7. The van der Waals surface area contributed by atoms with E-state index in [1.807, 2.05) is 25.1 Å². The highest BCUT2D eigenvalue weighted by molar-refractivity contribution is 5.89. The molecule has 0 aliphatic rings. The summed E-state index contributed by atoms with van der Waals surface area (Å²) in [6, 6.07) is 7.28. The van der Waals surface area contributed by atoms with Crippen molar-refractivity contribution in [2.75, 3.05) is 18.4 Å². The van der Waals surface area contributed by atoms with E-state index in [1.165, 1.54) is 0 Å². The second-order valence-corrected chi connectivity index (χ2v) is 4.57. The Balaban J connectivity index is 1.97. The summed E-state index contributed by atoms with van der Waals surface area (Å²) >= 11 is 0. The highest BCUT2D eigenvalue weighted by Gasteiger charge is 2.04. The van der Waals surface area contributed by atoms with E-state index in [2.05, 4.69) is 20.6 Å². The van der Waals surface area contributed by atoms with Crippen LogP contribution in [0.15, 0.2) is 24.3 Å². The minimum atomic E-state index is -0.262. The number of nitrogens with zero attached hydrogens (tertiary/aromatic N) is 2. The number of nitrogens with two attached hydrogens (primary N) is 1. The van der Waals surface area contributed by atoms with Crippen LogP contribution in [0.4, 0.5) is 10.6 Å². The third-order valence-electron chi connectivity index (χ3n) is 2.85. The van der Waals surface area contributed by atoms with Gasteiger partial charge in [0.2, 0.25) is 0 Å². The van der Waals surface area contributed by atoms with Gasteiger partial charge in [0.15, 0.2) is 5.65 Å². The van der Waals surface area contributed by atoms with Gasteiger partial charge in [0, 0.05) is 17.6 Å². The van der Waals surface area contributed by atoms with Crippen LogP contribution < -0.4 is 16.4 Å². The number of fused-ring (bicyclic) bond motifs is 1. The summed E-state index contributed by atoms with van der Waals surface area (Å²) in [7, 11) is 0. The quantitative estimate of drug-likeness (QED) is 0.724. The highest BCUT2D eigenvalue weighted by Crippen LogP contribution is 2.13. The van der Waals surface area contributed by atoms with Crippen LogP contribution in [0.5, 0.6) is 0 Å². The van der Waals surface area contributed by atoms with Gasteiger partial charge in [-0.25, -0.2) is 14.8 Å². The fourth-order valence-electron chi connectivity index (χ4n) is 1.79. The van der Waals surface area contributed by atoms with Crippen molar-refractivity contribution in [3.8, 4) is 0 Å². The lowest BCUT2D eigenvalue weighted by Gasteiger charge is -2.07. The summed E-state index contributed by atoms with van der Waals surface area (Å²) in [6.45, 7) is 3.15. The minimum absolute atomic E-state index is 0.262. The van der Waals surface area contributed by atoms with Gasteiger partial charge in [-0.1, -0.05) is 0 Å². The number of anilines is 1. The van der Waals surface area contributed by atoms with Crippen LogP contribution in [0.1, 0.15) is 18.5 Å². The molecule has 0 aliphatic heterocycles. The Kier molecular flexibility index (Phi) is 4.84. The Morgan fingerprint density at radius 1 is 1.20 bits per heavy atom. The number of aromatic nitrogens is 2. The molecule has 6 nitrogen and oxygen atoms in total. The molecule has 0 fully saturated rings. The van der Waals surface area contributed by atoms with E-state index in [-0.39, 0.29) is 6.03 Å². The minimum Gasteiger partial charge on any atom is -0.338 e. The smallest absolute Gasteiger partial charge is 0.320 e. The summed E-state index contributed by atoms with van der Waals surface area (Å²) in [5.74, 6) is 0.493. The van der Waals surface area contributed by atoms with Crippen molar-refractivity contribution in [3.63, 3.8) is 0 Å². The largest absolute Gasteiger partial charge is 0.338 e. The molecule has 2 rings (SSSR count). The predicted molar refractivity (Wildman–Crippen MR) is 79.6 cm³/mol. The number of hydrogen-bond donors (Lipinski definition) is 3. The van der Waals surface area contributed by atoms with Crippen LogP contribution in [0.3, 0.4) is 0 Å². The van der Waals surface area contributed by atoms with Gasteiger partial charge in [-0.15, -0.1) is 0 Å². The summed E-state index contributed by atoms with van der Waals surface area (Å²) in [5.41, 5.74) is 6.92. The lowest BCUT2D eigenvalue weighted by Crippen LogP contribution is -2.30. The van der Waals surface area contributed by atoms with Crippen LogP contribution in [0.25, 0.3) is 11.0 Å². The molecule has 20 heavy (non-hydrogen) atoms. The van der Waals surface area contributed by atoms with Gasteiger partial charge in [-0.2, -0.15) is 0 Å². The molecule has 0 saturated heterocycles. The topological polar surface area (TPSA) is 92.9 Å². The number of amides is 2. The standard InChI is InChI=1S/C14H19N5O/c1-10-4-5-11-6-7-12(18-13(11)17-10)19-14(20)16-9-3-2-8-15/h4-7H,2-3,8-9,15H2,1H3,(H2,16,17,18,19,20). The van der Waals surface area contributed by atoms with Crippen LogP contribution >= 0.6 is 0 Å². The predicted octanol–water partition coefficient (Wildman–Crippen LogP) is 1.80. The number of pyridine rings is 2. The molecular weight excluding hydrogens is 254 g/mol. The van der Waals surface area contributed by atoms with Crippen molar-refractivity contribution < 1.29 is 4.79 Å². The summed E-state index contributed by atoms with van der Waals surface area (Å²) in [6.07, 6.45) is 1.77. The van der Waals surface area contributed by atoms with Crippen molar-refractivity contribution >= 4 is 22.9 Å². The molecule has 2 heterocycles. The monoisotopic (exact) mass is 273 g/mol. The Labute approximate surface area is 117 Å². The number of hydrogen-bond acceptors (Lipinski definition) is 4. The molecule has 0 aliphatic carbocycles. The number of rotatable bonds is 5. The van der Waals surface area contributed by atoms with Crippen LogP contribution in [0.2, 0.25) is 0 Å². The van der Waals surface area contributed by atoms with Gasteiger partial charge in [0.1, 0.15) is 5.82 Å². The van der Waals surface area contributed by atoms with E-state index in [1.54, 1.807) is 6.07 Å². The van der Waals surface area contributed by atoms with E-state index in [4.69, 9.17) is 5.73 Å². The summed E-state index contributed by atoms with van der Waals surface area (Å²) in [4.78, 5) is 20.3.